The average Bonchev–Trinajstić information content (AvgIpc) is 2.71. The molecule has 0 radical (unpaired) electrons. The zero-order valence-corrected chi connectivity index (χ0v) is 10.8. The number of rotatable bonds is 5. The minimum Gasteiger partial charge on any atom is -0.480 e. The summed E-state index contributed by atoms with van der Waals surface area (Å²) in [6, 6.07) is 6.73. The first kappa shape index (κ1) is 13.6. The lowest BCUT2D eigenvalue weighted by Gasteiger charge is -2.24. The Labute approximate surface area is 111 Å². The van der Waals surface area contributed by atoms with E-state index in [1.54, 1.807) is 6.92 Å². The van der Waals surface area contributed by atoms with Crippen LogP contribution in [0.2, 0.25) is 0 Å². The van der Waals surface area contributed by atoms with Crippen LogP contribution in [0.5, 0.6) is 0 Å². The summed E-state index contributed by atoms with van der Waals surface area (Å²) >= 11 is 0. The van der Waals surface area contributed by atoms with Crippen molar-refractivity contribution in [3.8, 4) is 0 Å². The lowest BCUT2D eigenvalue weighted by Crippen LogP contribution is -2.40. The van der Waals surface area contributed by atoms with Crippen molar-refractivity contribution in [3.05, 3.63) is 36.0 Å². The summed E-state index contributed by atoms with van der Waals surface area (Å²) in [6.07, 6.45) is 2.21. The number of carboxylic acids is 1. The predicted octanol–water partition coefficient (Wildman–Crippen LogP) is 1.26. The molecule has 1 heterocycles. The van der Waals surface area contributed by atoms with E-state index in [0.717, 1.165) is 16.5 Å². The molecule has 0 saturated carbocycles. The van der Waals surface area contributed by atoms with Gasteiger partial charge in [0.15, 0.2) is 0 Å². The monoisotopic (exact) mass is 262 g/mol. The van der Waals surface area contributed by atoms with Crippen LogP contribution >= 0.6 is 0 Å². The second-order valence-electron chi connectivity index (χ2n) is 5.18. The van der Waals surface area contributed by atoms with E-state index < -0.39 is 17.6 Å². The number of nitrogens with one attached hydrogen (secondary N) is 1. The van der Waals surface area contributed by atoms with Gasteiger partial charge in [0.2, 0.25) is 0 Å². The van der Waals surface area contributed by atoms with Crippen molar-refractivity contribution in [2.75, 3.05) is 0 Å². The van der Waals surface area contributed by atoms with Gasteiger partial charge in [-0.25, -0.2) is 0 Å². The molecule has 5 heteroatoms. The Bertz CT molecular complexity index is 589. The number of nitrogens with two attached hydrogens (primary N) is 1. The topological polar surface area (TPSA) is 99.3 Å². The fraction of sp³-hybridized carbons (Fsp3) is 0.357. The van der Waals surface area contributed by atoms with E-state index in [2.05, 4.69) is 4.98 Å². The highest BCUT2D eigenvalue weighted by Gasteiger charge is 2.28. The van der Waals surface area contributed by atoms with E-state index in [1.807, 2.05) is 30.5 Å². The molecule has 5 N–H and O–H groups in total. The highest BCUT2D eigenvalue weighted by Crippen LogP contribution is 2.24. The first-order valence-corrected chi connectivity index (χ1v) is 6.15. The van der Waals surface area contributed by atoms with E-state index in [4.69, 9.17) is 10.8 Å². The van der Waals surface area contributed by atoms with Crippen LogP contribution < -0.4 is 5.73 Å². The maximum Gasteiger partial charge on any atom is 0.320 e. The molecule has 19 heavy (non-hydrogen) atoms. The molecule has 2 unspecified atom stereocenters. The molecular weight excluding hydrogens is 244 g/mol. The molecule has 0 aliphatic carbocycles. The molecule has 0 amide bonds. The fourth-order valence-electron chi connectivity index (χ4n) is 2.32. The summed E-state index contributed by atoms with van der Waals surface area (Å²) in [4.78, 5) is 13.9. The number of fused-ring (bicyclic) bond motifs is 1. The SMILES string of the molecule is CC(O)(Cc1c[nH]c2ccccc12)CC(N)C(=O)O. The van der Waals surface area contributed by atoms with E-state index in [-0.39, 0.29) is 6.42 Å². The molecule has 0 aliphatic heterocycles. The number of aliphatic hydroxyl groups is 1. The number of para-hydroxylation sites is 1. The van der Waals surface area contributed by atoms with Crippen molar-refractivity contribution in [1.82, 2.24) is 4.98 Å². The maximum absolute atomic E-state index is 10.7. The van der Waals surface area contributed by atoms with Gasteiger partial charge in [-0.3, -0.25) is 4.79 Å². The number of aromatic amines is 1. The molecule has 0 aliphatic rings. The molecule has 0 bridgehead atoms. The minimum absolute atomic E-state index is 0.0157. The summed E-state index contributed by atoms with van der Waals surface area (Å²) in [6.45, 7) is 1.61. The highest BCUT2D eigenvalue weighted by molar-refractivity contribution is 5.83. The molecule has 2 aromatic rings. The van der Waals surface area contributed by atoms with Gasteiger partial charge in [-0.2, -0.15) is 0 Å². The average molecular weight is 262 g/mol. The molecule has 0 saturated heterocycles. The molecule has 2 atom stereocenters. The molecule has 2 rings (SSSR count). The van der Waals surface area contributed by atoms with Crippen LogP contribution in [0.25, 0.3) is 10.9 Å². The molecule has 5 nitrogen and oxygen atoms in total. The third-order valence-electron chi connectivity index (χ3n) is 3.22. The van der Waals surface area contributed by atoms with Gasteiger partial charge in [-0.05, 0) is 18.6 Å². The Morgan fingerprint density at radius 1 is 1.47 bits per heavy atom. The number of H-pyrrole nitrogens is 1. The highest BCUT2D eigenvalue weighted by atomic mass is 16.4. The van der Waals surface area contributed by atoms with Gasteiger partial charge in [0.1, 0.15) is 6.04 Å². The normalized spacial score (nSPS) is 16.2. The van der Waals surface area contributed by atoms with Crippen LogP contribution in [0.15, 0.2) is 30.5 Å². The summed E-state index contributed by atoms with van der Waals surface area (Å²) in [5.74, 6) is -1.10. The second kappa shape index (κ2) is 5.03. The van der Waals surface area contributed by atoms with E-state index in [0.29, 0.717) is 6.42 Å². The van der Waals surface area contributed by atoms with Crippen molar-refractivity contribution in [3.63, 3.8) is 0 Å². The van der Waals surface area contributed by atoms with Crippen molar-refractivity contribution < 1.29 is 15.0 Å². The molecule has 1 aromatic heterocycles. The lowest BCUT2D eigenvalue weighted by atomic mass is 9.90. The Morgan fingerprint density at radius 2 is 2.16 bits per heavy atom. The Morgan fingerprint density at radius 3 is 2.84 bits per heavy atom. The quantitative estimate of drug-likeness (QED) is 0.652. The number of hydrogen-bond donors (Lipinski definition) is 4. The summed E-state index contributed by atoms with van der Waals surface area (Å²) in [5.41, 5.74) is 6.28. The van der Waals surface area contributed by atoms with Gasteiger partial charge in [-0.1, -0.05) is 18.2 Å². The number of hydrogen-bond acceptors (Lipinski definition) is 3. The Hall–Kier alpha value is -1.85. The van der Waals surface area contributed by atoms with Crippen molar-refractivity contribution in [2.45, 2.75) is 31.4 Å². The van der Waals surface area contributed by atoms with Gasteiger partial charge in [0, 0.05) is 29.9 Å². The number of aromatic nitrogens is 1. The summed E-state index contributed by atoms with van der Waals surface area (Å²) in [5, 5.41) is 20.1. The van der Waals surface area contributed by atoms with Gasteiger partial charge in [-0.15, -0.1) is 0 Å². The van der Waals surface area contributed by atoms with Crippen molar-refractivity contribution in [2.24, 2.45) is 5.73 Å². The first-order valence-electron chi connectivity index (χ1n) is 6.15. The second-order valence-corrected chi connectivity index (χ2v) is 5.18. The molecule has 1 aromatic carbocycles. The van der Waals surface area contributed by atoms with E-state index >= 15 is 0 Å². The van der Waals surface area contributed by atoms with Gasteiger partial charge in [0.05, 0.1) is 5.60 Å². The first-order chi connectivity index (χ1) is 8.89. The standard InChI is InChI=1S/C14H18N2O3/c1-14(19,7-11(15)13(17)18)6-9-8-16-12-5-3-2-4-10(9)12/h2-5,8,11,16,19H,6-7,15H2,1H3,(H,17,18). The van der Waals surface area contributed by atoms with Gasteiger partial charge < -0.3 is 20.9 Å². The number of aliphatic carboxylic acids is 1. The van der Waals surface area contributed by atoms with Crippen LogP contribution in [0.4, 0.5) is 0 Å². The van der Waals surface area contributed by atoms with Crippen LogP contribution in [-0.4, -0.2) is 32.8 Å². The van der Waals surface area contributed by atoms with Crippen LogP contribution in [-0.2, 0) is 11.2 Å². The zero-order valence-electron chi connectivity index (χ0n) is 10.8. The Balaban J connectivity index is 2.17. The van der Waals surface area contributed by atoms with Crippen molar-refractivity contribution in [1.29, 1.82) is 0 Å². The Kier molecular flexibility index (Phi) is 3.59. The van der Waals surface area contributed by atoms with E-state index in [1.165, 1.54) is 0 Å². The zero-order chi connectivity index (χ0) is 14.0. The molecule has 0 spiro atoms. The van der Waals surface area contributed by atoms with Crippen LogP contribution in [0.1, 0.15) is 18.9 Å². The smallest absolute Gasteiger partial charge is 0.320 e. The summed E-state index contributed by atoms with van der Waals surface area (Å²) in [7, 11) is 0. The third kappa shape index (κ3) is 3.13. The number of carbonyl (C=O) groups is 1. The fourth-order valence-corrected chi connectivity index (χ4v) is 2.32. The maximum atomic E-state index is 10.7. The van der Waals surface area contributed by atoms with Crippen LogP contribution in [0.3, 0.4) is 0 Å². The van der Waals surface area contributed by atoms with Gasteiger partial charge in [0.25, 0.3) is 0 Å². The lowest BCUT2D eigenvalue weighted by molar-refractivity contribution is -0.140. The van der Waals surface area contributed by atoms with Gasteiger partial charge >= 0.3 is 5.97 Å². The van der Waals surface area contributed by atoms with E-state index in [9.17, 15) is 9.90 Å². The molecular formula is C14H18N2O3. The molecule has 0 fully saturated rings. The molecule has 102 valence electrons. The number of carboxylic acid groups (broad SMARTS) is 1. The predicted molar refractivity (Wildman–Crippen MR) is 72.9 cm³/mol. The number of benzene rings is 1. The third-order valence-corrected chi connectivity index (χ3v) is 3.22. The minimum atomic E-state index is -1.15. The largest absolute Gasteiger partial charge is 0.480 e. The van der Waals surface area contributed by atoms with Crippen LogP contribution in [0, 0.1) is 0 Å². The van der Waals surface area contributed by atoms with Crippen molar-refractivity contribution >= 4 is 16.9 Å². The summed E-state index contributed by atoms with van der Waals surface area (Å²) < 4.78 is 0.